The predicted octanol–water partition coefficient (Wildman–Crippen LogP) is 15.9. The van der Waals surface area contributed by atoms with Crippen LogP contribution < -0.4 is 0 Å². The van der Waals surface area contributed by atoms with Gasteiger partial charge in [-0.1, -0.05) is 199 Å². The molecule has 0 amide bonds. The zero-order chi connectivity index (χ0) is 44.4. The lowest BCUT2D eigenvalue weighted by atomic mass is 9.67. The number of benzene rings is 7. The Kier molecular flexibility index (Phi) is 9.28. The molecule has 13 rings (SSSR count). The van der Waals surface area contributed by atoms with E-state index in [4.69, 9.17) is 0 Å². The molecule has 6 aliphatic carbocycles. The first kappa shape index (κ1) is 40.8. The number of rotatable bonds is 12. The average molecular weight is 859 g/mol. The van der Waals surface area contributed by atoms with Gasteiger partial charge in [0, 0.05) is 10.8 Å². The zero-order valence-electron chi connectivity index (χ0n) is 39.9. The van der Waals surface area contributed by atoms with E-state index in [-0.39, 0.29) is 21.7 Å². The topological polar surface area (TPSA) is 0 Å². The first-order valence-corrected chi connectivity index (χ1v) is 26.0. The van der Waals surface area contributed by atoms with Crippen LogP contribution in [-0.4, -0.2) is 0 Å². The fourth-order valence-electron chi connectivity index (χ4n) is 15.2. The quantitative estimate of drug-likeness (QED) is 0.107. The fourth-order valence-corrected chi connectivity index (χ4v) is 15.2. The van der Waals surface area contributed by atoms with Crippen molar-refractivity contribution in [2.45, 2.75) is 139 Å². The van der Waals surface area contributed by atoms with Crippen molar-refractivity contribution in [2.75, 3.05) is 0 Å². The molecule has 66 heavy (non-hydrogen) atoms. The van der Waals surface area contributed by atoms with Crippen molar-refractivity contribution in [3.05, 3.63) is 223 Å². The molecule has 0 aromatic heterocycles. The molecule has 0 fully saturated rings. The summed E-state index contributed by atoms with van der Waals surface area (Å²) in [6.07, 6.45) is 17.3. The standard InChI is InChI=1S/C66H66/c1-63(2)49(17-13-15-35-65(51-33-31-43-27-29-45(43)37-51)57-23-9-5-19-53(57)54-20-6-10-24-58(54)65)39-47-42-62-48(41-61(47)63)40-50(64(62,3)4)18-14-16-36-66(52-34-32-44-28-30-46(44)38-52)59-25-11-7-21-55(59)56-22-8-12-26-60(56)66/h5-12,19-26,31-34,37-38,41-42,49-50H,13-18,27-30,35-36,39-40H2,1-4H3. The first-order valence-electron chi connectivity index (χ1n) is 26.0. The van der Waals surface area contributed by atoms with Crippen LogP contribution in [0.5, 0.6) is 0 Å². The Morgan fingerprint density at radius 1 is 0.348 bits per heavy atom. The SMILES string of the molecule is CC1(C)c2cc3c(cc2CC1CCCCC1(c2ccc4c(c2)CC4)c2ccccc2-c2ccccc21)C(C)(C)C(CCCCC1(c2ccc4c(c2)CC4)c2ccccc2-c2ccccc21)C3. The van der Waals surface area contributed by atoms with E-state index in [1.54, 1.807) is 44.5 Å². The lowest BCUT2D eigenvalue weighted by molar-refractivity contribution is 0.311. The average Bonchev–Trinajstić information content (AvgIpc) is 3.95. The van der Waals surface area contributed by atoms with Crippen molar-refractivity contribution in [1.82, 2.24) is 0 Å². The number of hydrogen-bond acceptors (Lipinski definition) is 0. The minimum atomic E-state index is -0.0773. The van der Waals surface area contributed by atoms with Gasteiger partial charge in [-0.25, -0.2) is 0 Å². The molecule has 6 aliphatic rings. The van der Waals surface area contributed by atoms with E-state index >= 15 is 0 Å². The number of fused-ring (bicyclic) bond motifs is 10. The minimum absolute atomic E-state index is 0.0773. The van der Waals surface area contributed by atoms with Crippen LogP contribution in [0.2, 0.25) is 0 Å². The zero-order valence-corrected chi connectivity index (χ0v) is 39.9. The van der Waals surface area contributed by atoms with Crippen molar-refractivity contribution in [3.63, 3.8) is 0 Å². The molecule has 2 unspecified atom stereocenters. The molecule has 0 N–H and O–H groups in total. The summed E-state index contributed by atoms with van der Waals surface area (Å²) in [4.78, 5) is 0. The van der Waals surface area contributed by atoms with E-state index in [9.17, 15) is 0 Å². The van der Waals surface area contributed by atoms with E-state index in [0.29, 0.717) is 11.8 Å². The summed E-state index contributed by atoms with van der Waals surface area (Å²) in [7, 11) is 0. The van der Waals surface area contributed by atoms with Gasteiger partial charge in [0.2, 0.25) is 0 Å². The lowest BCUT2D eigenvalue weighted by Crippen LogP contribution is -2.28. The van der Waals surface area contributed by atoms with E-state index < -0.39 is 0 Å². The summed E-state index contributed by atoms with van der Waals surface area (Å²) in [6.45, 7) is 10.3. The number of hydrogen-bond donors (Lipinski definition) is 0. The third-order valence-electron chi connectivity index (χ3n) is 19.3. The van der Waals surface area contributed by atoms with Gasteiger partial charge in [0.25, 0.3) is 0 Å². The highest BCUT2D eigenvalue weighted by atomic mass is 14.5. The fraction of sp³-hybridized carbons (Fsp3) is 0.364. The molecule has 7 aromatic rings. The summed E-state index contributed by atoms with van der Waals surface area (Å²) in [5.41, 5.74) is 27.9. The second kappa shape index (κ2) is 15.0. The maximum absolute atomic E-state index is 2.71. The number of unbranched alkanes of at least 4 members (excludes halogenated alkanes) is 2. The maximum Gasteiger partial charge on any atom is 0.0463 e. The monoisotopic (exact) mass is 859 g/mol. The summed E-state index contributed by atoms with van der Waals surface area (Å²) in [6, 6.07) is 57.7. The van der Waals surface area contributed by atoms with E-state index in [1.165, 1.54) is 146 Å². The van der Waals surface area contributed by atoms with Gasteiger partial charge in [-0.05, 0) is 187 Å². The molecule has 0 radical (unpaired) electrons. The van der Waals surface area contributed by atoms with Crippen LogP contribution in [0.3, 0.4) is 0 Å². The van der Waals surface area contributed by atoms with Gasteiger partial charge in [-0.2, -0.15) is 0 Å². The second-order valence-electron chi connectivity index (χ2n) is 22.9. The predicted molar refractivity (Wildman–Crippen MR) is 275 cm³/mol. The van der Waals surface area contributed by atoms with Gasteiger partial charge in [0.05, 0.1) is 0 Å². The molecule has 0 nitrogen and oxygen atoms in total. The van der Waals surface area contributed by atoms with Gasteiger partial charge in [0.15, 0.2) is 0 Å². The Morgan fingerprint density at radius 2 is 0.697 bits per heavy atom. The smallest absolute Gasteiger partial charge is 0.0463 e. The van der Waals surface area contributed by atoms with E-state index in [0.717, 1.165) is 0 Å². The van der Waals surface area contributed by atoms with Crippen molar-refractivity contribution in [1.29, 1.82) is 0 Å². The van der Waals surface area contributed by atoms with Crippen molar-refractivity contribution in [3.8, 4) is 22.3 Å². The van der Waals surface area contributed by atoms with Crippen LogP contribution in [-0.2, 0) is 60.2 Å². The van der Waals surface area contributed by atoms with Crippen LogP contribution in [0.4, 0.5) is 0 Å². The van der Waals surface area contributed by atoms with Crippen LogP contribution >= 0.6 is 0 Å². The van der Waals surface area contributed by atoms with Crippen LogP contribution in [0.25, 0.3) is 22.3 Å². The molecule has 7 aromatic carbocycles. The molecular weight excluding hydrogens is 793 g/mol. The van der Waals surface area contributed by atoms with Crippen LogP contribution in [0.15, 0.2) is 146 Å². The lowest BCUT2D eigenvalue weighted by Gasteiger charge is -2.35. The Bertz CT molecular complexity index is 2780. The molecule has 0 bridgehead atoms. The Labute approximate surface area is 394 Å². The van der Waals surface area contributed by atoms with E-state index in [2.05, 4.69) is 173 Å². The van der Waals surface area contributed by atoms with Crippen molar-refractivity contribution in [2.24, 2.45) is 11.8 Å². The van der Waals surface area contributed by atoms with Gasteiger partial charge < -0.3 is 0 Å². The number of aryl methyl sites for hydroxylation is 4. The van der Waals surface area contributed by atoms with Crippen LogP contribution in [0.1, 0.15) is 157 Å². The second-order valence-corrected chi connectivity index (χ2v) is 22.9. The molecule has 0 heterocycles. The molecule has 0 saturated heterocycles. The third kappa shape index (κ3) is 5.82. The van der Waals surface area contributed by atoms with Gasteiger partial charge in [-0.3, -0.25) is 0 Å². The van der Waals surface area contributed by atoms with Crippen molar-refractivity contribution >= 4 is 0 Å². The molecule has 2 atom stereocenters. The summed E-state index contributed by atoms with van der Waals surface area (Å²) in [5.74, 6) is 1.37. The van der Waals surface area contributed by atoms with Crippen molar-refractivity contribution < 1.29 is 0 Å². The molecular formula is C66H66. The highest BCUT2D eigenvalue weighted by Crippen LogP contribution is 2.58. The first-order chi connectivity index (χ1) is 32.2. The van der Waals surface area contributed by atoms with Gasteiger partial charge in [-0.15, -0.1) is 0 Å². The minimum Gasteiger partial charge on any atom is -0.0619 e. The van der Waals surface area contributed by atoms with Gasteiger partial charge >= 0.3 is 0 Å². The molecule has 0 heteroatoms. The van der Waals surface area contributed by atoms with Gasteiger partial charge in [0.1, 0.15) is 0 Å². The Balaban J connectivity index is 0.705. The van der Waals surface area contributed by atoms with Crippen LogP contribution in [0, 0.1) is 11.8 Å². The van der Waals surface area contributed by atoms with E-state index in [1.807, 2.05) is 0 Å². The summed E-state index contributed by atoms with van der Waals surface area (Å²) >= 11 is 0. The summed E-state index contributed by atoms with van der Waals surface area (Å²) in [5, 5.41) is 0. The largest absolute Gasteiger partial charge is 0.0619 e. The highest BCUT2D eigenvalue weighted by molar-refractivity contribution is 5.84. The normalized spacial score (nSPS) is 20.7. The molecule has 0 aliphatic heterocycles. The Morgan fingerprint density at radius 3 is 1.03 bits per heavy atom. The third-order valence-corrected chi connectivity index (χ3v) is 19.3. The highest BCUT2D eigenvalue weighted by Gasteiger charge is 2.48. The molecule has 330 valence electrons. The molecule has 0 saturated carbocycles. The maximum atomic E-state index is 2.71. The molecule has 0 spiro atoms. The Hall–Kier alpha value is -5.46. The summed E-state index contributed by atoms with van der Waals surface area (Å²) < 4.78 is 0.